The Morgan fingerprint density at radius 2 is 1.89 bits per heavy atom. The van der Waals surface area contributed by atoms with E-state index in [0.717, 1.165) is 45.3 Å². The van der Waals surface area contributed by atoms with Crippen molar-refractivity contribution in [3.63, 3.8) is 0 Å². The molecule has 2 aliphatic rings. The zero-order valence-electron chi connectivity index (χ0n) is 17.3. The summed E-state index contributed by atoms with van der Waals surface area (Å²) in [5.41, 5.74) is 0. The van der Waals surface area contributed by atoms with Gasteiger partial charge in [-0.2, -0.15) is 4.31 Å². The number of nitrogens with zero attached hydrogens (tertiary/aromatic N) is 3. The van der Waals surface area contributed by atoms with Crippen LogP contribution < -0.4 is 5.32 Å². The number of piperidine rings is 1. The van der Waals surface area contributed by atoms with Gasteiger partial charge in [0.05, 0.1) is 6.26 Å². The Morgan fingerprint density at radius 1 is 1.19 bits per heavy atom. The van der Waals surface area contributed by atoms with Gasteiger partial charge in [0.15, 0.2) is 0 Å². The van der Waals surface area contributed by atoms with E-state index in [9.17, 15) is 13.2 Å². The predicted molar refractivity (Wildman–Crippen MR) is 109 cm³/mol. The molecule has 1 unspecified atom stereocenters. The first-order valence-electron chi connectivity index (χ1n) is 10.5. The molecule has 7 nitrogen and oxygen atoms in total. The SMILES string of the molecule is CC(C)CCNC(=O)N1CCCC(N(CCCN2CCCC2)S(C)(=O)=O)C1. The third-order valence-electron chi connectivity index (χ3n) is 5.57. The van der Waals surface area contributed by atoms with Gasteiger partial charge in [0.25, 0.3) is 0 Å². The largest absolute Gasteiger partial charge is 0.338 e. The Morgan fingerprint density at radius 3 is 2.52 bits per heavy atom. The number of amides is 2. The average molecular weight is 403 g/mol. The Bertz CT molecular complexity index is 561. The van der Waals surface area contributed by atoms with Crippen molar-refractivity contribution in [2.45, 2.75) is 58.4 Å². The van der Waals surface area contributed by atoms with Crippen molar-refractivity contribution in [2.24, 2.45) is 5.92 Å². The molecule has 2 rings (SSSR count). The van der Waals surface area contributed by atoms with Gasteiger partial charge in [0.1, 0.15) is 0 Å². The molecule has 2 aliphatic heterocycles. The van der Waals surface area contributed by atoms with Crippen LogP contribution in [0.1, 0.15) is 52.4 Å². The summed E-state index contributed by atoms with van der Waals surface area (Å²) in [5, 5.41) is 2.97. The fourth-order valence-corrected chi connectivity index (χ4v) is 5.20. The maximum Gasteiger partial charge on any atom is 0.317 e. The van der Waals surface area contributed by atoms with E-state index in [2.05, 4.69) is 24.1 Å². The molecule has 8 heteroatoms. The summed E-state index contributed by atoms with van der Waals surface area (Å²) in [4.78, 5) is 16.6. The Balaban J connectivity index is 1.87. The molecule has 0 saturated carbocycles. The molecule has 27 heavy (non-hydrogen) atoms. The number of hydrogen-bond donors (Lipinski definition) is 1. The number of hydrogen-bond acceptors (Lipinski definition) is 4. The van der Waals surface area contributed by atoms with Gasteiger partial charge in [-0.3, -0.25) is 0 Å². The van der Waals surface area contributed by atoms with E-state index in [-0.39, 0.29) is 12.1 Å². The van der Waals surface area contributed by atoms with Crippen molar-refractivity contribution < 1.29 is 13.2 Å². The van der Waals surface area contributed by atoms with Crippen LogP contribution in [0.3, 0.4) is 0 Å². The van der Waals surface area contributed by atoms with E-state index in [0.29, 0.717) is 32.1 Å². The Labute approximate surface area is 165 Å². The van der Waals surface area contributed by atoms with E-state index in [1.165, 1.54) is 19.1 Å². The van der Waals surface area contributed by atoms with E-state index in [1.54, 1.807) is 9.21 Å². The fraction of sp³-hybridized carbons (Fsp3) is 0.947. The highest BCUT2D eigenvalue weighted by molar-refractivity contribution is 7.88. The average Bonchev–Trinajstić information content (AvgIpc) is 3.10. The molecule has 2 saturated heterocycles. The van der Waals surface area contributed by atoms with Crippen molar-refractivity contribution in [3.8, 4) is 0 Å². The maximum absolute atomic E-state index is 12.4. The van der Waals surface area contributed by atoms with Crippen molar-refractivity contribution >= 4 is 16.1 Å². The normalized spacial score (nSPS) is 22.0. The number of sulfonamides is 1. The molecule has 0 aromatic heterocycles. The molecule has 1 N–H and O–H groups in total. The molecule has 1 atom stereocenters. The van der Waals surface area contributed by atoms with Gasteiger partial charge < -0.3 is 15.1 Å². The Kier molecular flexibility index (Phi) is 8.82. The number of likely N-dealkylation sites (tertiary alicyclic amines) is 2. The van der Waals surface area contributed by atoms with Crippen LogP contribution in [0.5, 0.6) is 0 Å². The first-order chi connectivity index (χ1) is 12.8. The van der Waals surface area contributed by atoms with Gasteiger partial charge in [-0.05, 0) is 64.1 Å². The molecule has 0 aromatic rings. The van der Waals surface area contributed by atoms with Gasteiger partial charge in [-0.1, -0.05) is 13.8 Å². The monoisotopic (exact) mass is 402 g/mol. The summed E-state index contributed by atoms with van der Waals surface area (Å²) in [6, 6.07) is -0.172. The minimum Gasteiger partial charge on any atom is -0.338 e. The van der Waals surface area contributed by atoms with Crippen molar-refractivity contribution in [1.82, 2.24) is 19.4 Å². The van der Waals surface area contributed by atoms with Crippen LogP contribution in [0.25, 0.3) is 0 Å². The number of urea groups is 1. The van der Waals surface area contributed by atoms with E-state index in [4.69, 9.17) is 0 Å². The third kappa shape index (κ3) is 7.58. The first-order valence-corrected chi connectivity index (χ1v) is 12.3. The fourth-order valence-electron chi connectivity index (χ4n) is 4.03. The van der Waals surface area contributed by atoms with Crippen LogP contribution in [0.2, 0.25) is 0 Å². The quantitative estimate of drug-likeness (QED) is 0.640. The number of nitrogens with one attached hydrogen (secondary N) is 1. The van der Waals surface area contributed by atoms with Crippen LogP contribution in [0, 0.1) is 5.92 Å². The minimum atomic E-state index is -3.28. The molecule has 158 valence electrons. The maximum atomic E-state index is 12.4. The number of rotatable bonds is 9. The summed E-state index contributed by atoms with van der Waals surface area (Å²) in [7, 11) is -3.28. The Hall–Kier alpha value is -0.860. The smallest absolute Gasteiger partial charge is 0.317 e. The standard InChI is InChI=1S/C19H38N4O3S/c1-17(2)9-10-20-19(24)22-14-6-8-18(16-22)23(27(3,25)26)15-7-13-21-11-4-5-12-21/h17-18H,4-16H2,1-3H3,(H,20,24). The van der Waals surface area contributed by atoms with Gasteiger partial charge in [0, 0.05) is 32.2 Å². The van der Waals surface area contributed by atoms with E-state index >= 15 is 0 Å². The zero-order valence-corrected chi connectivity index (χ0v) is 18.1. The number of carbonyl (C=O) groups excluding carboxylic acids is 1. The lowest BCUT2D eigenvalue weighted by Gasteiger charge is -2.38. The summed E-state index contributed by atoms with van der Waals surface area (Å²) >= 11 is 0. The second-order valence-corrected chi connectivity index (χ2v) is 10.4. The molecule has 0 aromatic carbocycles. The number of carbonyl (C=O) groups is 1. The highest BCUT2D eigenvalue weighted by Gasteiger charge is 2.32. The second-order valence-electron chi connectivity index (χ2n) is 8.43. The molecule has 0 radical (unpaired) electrons. The highest BCUT2D eigenvalue weighted by Crippen LogP contribution is 2.19. The molecule has 0 spiro atoms. The third-order valence-corrected chi connectivity index (χ3v) is 6.90. The zero-order chi connectivity index (χ0) is 19.9. The van der Waals surface area contributed by atoms with E-state index in [1.807, 2.05) is 0 Å². The molecule has 2 fully saturated rings. The molecule has 2 amide bonds. The van der Waals surface area contributed by atoms with Gasteiger partial charge in [0.2, 0.25) is 10.0 Å². The highest BCUT2D eigenvalue weighted by atomic mass is 32.2. The first kappa shape index (κ1) is 22.4. The van der Waals surface area contributed by atoms with Crippen molar-refractivity contribution in [2.75, 3.05) is 52.1 Å². The van der Waals surface area contributed by atoms with Crippen molar-refractivity contribution in [3.05, 3.63) is 0 Å². The minimum absolute atomic E-state index is 0.0640. The predicted octanol–water partition coefficient (Wildman–Crippen LogP) is 1.95. The molecule has 0 aliphatic carbocycles. The molecule has 0 bridgehead atoms. The van der Waals surface area contributed by atoms with Crippen LogP contribution in [0.4, 0.5) is 4.79 Å². The van der Waals surface area contributed by atoms with Gasteiger partial charge in [-0.15, -0.1) is 0 Å². The van der Waals surface area contributed by atoms with Crippen LogP contribution in [0.15, 0.2) is 0 Å². The summed E-state index contributed by atoms with van der Waals surface area (Å²) in [6.07, 6.45) is 7.27. The molecular formula is C19H38N4O3S. The van der Waals surface area contributed by atoms with Crippen LogP contribution in [-0.2, 0) is 10.0 Å². The van der Waals surface area contributed by atoms with Crippen molar-refractivity contribution in [1.29, 1.82) is 0 Å². The summed E-state index contributed by atoms with van der Waals surface area (Å²) < 4.78 is 26.4. The van der Waals surface area contributed by atoms with Crippen LogP contribution in [-0.4, -0.2) is 86.7 Å². The lowest BCUT2D eigenvalue weighted by molar-refractivity contribution is 0.148. The topological polar surface area (TPSA) is 73.0 Å². The van der Waals surface area contributed by atoms with E-state index < -0.39 is 10.0 Å². The van der Waals surface area contributed by atoms with Gasteiger partial charge >= 0.3 is 6.03 Å². The lowest BCUT2D eigenvalue weighted by atomic mass is 10.1. The molecule has 2 heterocycles. The summed E-state index contributed by atoms with van der Waals surface area (Å²) in [6.45, 7) is 9.90. The summed E-state index contributed by atoms with van der Waals surface area (Å²) in [5.74, 6) is 0.552. The van der Waals surface area contributed by atoms with Crippen LogP contribution >= 0.6 is 0 Å². The second kappa shape index (κ2) is 10.6. The van der Waals surface area contributed by atoms with Gasteiger partial charge in [-0.25, -0.2) is 13.2 Å². The lowest BCUT2D eigenvalue weighted by Crippen LogP contribution is -2.54. The molecular weight excluding hydrogens is 364 g/mol.